The van der Waals surface area contributed by atoms with Crippen molar-refractivity contribution in [3.63, 3.8) is 0 Å². The molecule has 1 aromatic carbocycles. The van der Waals surface area contributed by atoms with Crippen molar-refractivity contribution in [2.45, 2.75) is 63.6 Å². The van der Waals surface area contributed by atoms with E-state index in [9.17, 15) is 0 Å². The van der Waals surface area contributed by atoms with E-state index in [1.807, 2.05) is 0 Å². The van der Waals surface area contributed by atoms with E-state index in [0.29, 0.717) is 4.83 Å². The van der Waals surface area contributed by atoms with Crippen LogP contribution in [0, 0.1) is 19.8 Å². The third kappa shape index (κ3) is 4.00. The van der Waals surface area contributed by atoms with Gasteiger partial charge in [-0.05, 0) is 49.3 Å². The maximum absolute atomic E-state index is 5.45. The van der Waals surface area contributed by atoms with Gasteiger partial charge in [0.1, 0.15) is 5.75 Å². The molecule has 1 aliphatic carbocycles. The van der Waals surface area contributed by atoms with Gasteiger partial charge in [0.25, 0.3) is 0 Å². The maximum atomic E-state index is 5.45. The summed E-state index contributed by atoms with van der Waals surface area (Å²) < 4.78 is 5.45. The van der Waals surface area contributed by atoms with E-state index in [1.54, 1.807) is 7.11 Å². The van der Waals surface area contributed by atoms with Gasteiger partial charge in [0.05, 0.1) is 7.11 Å². The van der Waals surface area contributed by atoms with Gasteiger partial charge < -0.3 is 4.74 Å². The van der Waals surface area contributed by atoms with Crippen molar-refractivity contribution in [1.82, 2.24) is 0 Å². The van der Waals surface area contributed by atoms with Gasteiger partial charge in [-0.1, -0.05) is 60.2 Å². The van der Waals surface area contributed by atoms with Crippen LogP contribution < -0.4 is 4.74 Å². The second kappa shape index (κ2) is 7.49. The van der Waals surface area contributed by atoms with Crippen LogP contribution in [0.1, 0.15) is 66.5 Å². The average molecular weight is 339 g/mol. The summed E-state index contributed by atoms with van der Waals surface area (Å²) in [6, 6.07) is 4.54. The molecule has 2 rings (SSSR count). The number of rotatable bonds is 5. The van der Waals surface area contributed by atoms with Crippen LogP contribution in [-0.4, -0.2) is 7.11 Å². The van der Waals surface area contributed by atoms with Crippen molar-refractivity contribution in [3.05, 3.63) is 28.8 Å². The Hall–Kier alpha value is -0.500. The quantitative estimate of drug-likeness (QED) is 0.588. The molecule has 2 heteroatoms. The molecule has 0 N–H and O–H groups in total. The summed E-state index contributed by atoms with van der Waals surface area (Å²) in [5, 5.41) is 0. The first-order valence-corrected chi connectivity index (χ1v) is 8.82. The average Bonchev–Trinajstić information content (AvgIpc) is 2.45. The van der Waals surface area contributed by atoms with Crippen LogP contribution in [0.25, 0.3) is 0 Å². The Morgan fingerprint density at radius 3 is 2.30 bits per heavy atom. The summed E-state index contributed by atoms with van der Waals surface area (Å²) in [5.74, 6) is 1.99. The molecule has 0 saturated heterocycles. The summed E-state index contributed by atoms with van der Waals surface area (Å²) in [7, 11) is 1.75. The number of halogens is 1. The first kappa shape index (κ1) is 15.9. The molecule has 20 heavy (non-hydrogen) atoms. The summed E-state index contributed by atoms with van der Waals surface area (Å²) in [6.07, 6.45) is 9.83. The van der Waals surface area contributed by atoms with Crippen LogP contribution >= 0.6 is 15.9 Å². The molecule has 1 aliphatic rings. The molecule has 1 unspecified atom stereocenters. The molecule has 1 fully saturated rings. The van der Waals surface area contributed by atoms with E-state index >= 15 is 0 Å². The highest BCUT2D eigenvalue weighted by Gasteiger charge is 2.17. The van der Waals surface area contributed by atoms with Crippen LogP contribution in [0.5, 0.6) is 5.75 Å². The van der Waals surface area contributed by atoms with Crippen LogP contribution in [-0.2, 0) is 0 Å². The monoisotopic (exact) mass is 338 g/mol. The zero-order valence-corrected chi connectivity index (χ0v) is 14.6. The van der Waals surface area contributed by atoms with Gasteiger partial charge in [-0.3, -0.25) is 0 Å². The number of aryl methyl sites for hydroxylation is 2. The lowest BCUT2D eigenvalue weighted by molar-refractivity contribution is 0.332. The SMILES string of the molecule is COc1c(C)cc(C(Br)CCC2CCCCC2)cc1C. The fraction of sp³-hybridized carbons (Fsp3) is 0.667. The predicted molar refractivity (Wildman–Crippen MR) is 89.9 cm³/mol. The smallest absolute Gasteiger partial charge is 0.124 e. The van der Waals surface area contributed by atoms with Crippen molar-refractivity contribution in [1.29, 1.82) is 0 Å². The summed E-state index contributed by atoms with van der Waals surface area (Å²) in [5.41, 5.74) is 3.88. The van der Waals surface area contributed by atoms with Gasteiger partial charge in [0.15, 0.2) is 0 Å². The third-order valence-corrected chi connectivity index (χ3v) is 5.59. The normalized spacial score (nSPS) is 18.0. The Morgan fingerprint density at radius 1 is 1.15 bits per heavy atom. The lowest BCUT2D eigenvalue weighted by Crippen LogP contribution is -2.07. The van der Waals surface area contributed by atoms with Crippen molar-refractivity contribution in [3.8, 4) is 5.75 Å². The molecule has 0 bridgehead atoms. The van der Waals surface area contributed by atoms with E-state index in [-0.39, 0.29) is 0 Å². The zero-order chi connectivity index (χ0) is 14.5. The molecule has 0 spiro atoms. The Bertz CT molecular complexity index is 412. The van der Waals surface area contributed by atoms with E-state index in [1.165, 1.54) is 61.6 Å². The molecule has 1 atom stereocenters. The summed E-state index contributed by atoms with van der Waals surface area (Å²) >= 11 is 3.89. The standard InChI is InChI=1S/C18H27BrO/c1-13-11-16(12-14(2)18(13)20-3)17(19)10-9-15-7-5-4-6-8-15/h11-12,15,17H,4-10H2,1-3H3. The highest BCUT2D eigenvalue weighted by Crippen LogP contribution is 2.36. The van der Waals surface area contributed by atoms with Crippen LogP contribution in [0.4, 0.5) is 0 Å². The minimum atomic E-state index is 0.479. The van der Waals surface area contributed by atoms with Crippen LogP contribution in [0.3, 0.4) is 0 Å². The Kier molecular flexibility index (Phi) is 5.95. The fourth-order valence-corrected chi connectivity index (χ4v) is 4.04. The van der Waals surface area contributed by atoms with E-state index in [4.69, 9.17) is 4.74 Å². The molecular formula is C18H27BrO. The largest absolute Gasteiger partial charge is 0.496 e. The molecular weight excluding hydrogens is 312 g/mol. The number of ether oxygens (including phenoxy) is 1. The highest BCUT2D eigenvalue weighted by atomic mass is 79.9. The van der Waals surface area contributed by atoms with Gasteiger partial charge in [0, 0.05) is 4.83 Å². The number of hydrogen-bond acceptors (Lipinski definition) is 1. The zero-order valence-electron chi connectivity index (χ0n) is 13.0. The van der Waals surface area contributed by atoms with Crippen molar-refractivity contribution < 1.29 is 4.74 Å². The maximum Gasteiger partial charge on any atom is 0.124 e. The minimum absolute atomic E-state index is 0.479. The van der Waals surface area contributed by atoms with Crippen molar-refractivity contribution in [2.24, 2.45) is 5.92 Å². The molecule has 0 aromatic heterocycles. The Morgan fingerprint density at radius 2 is 1.75 bits per heavy atom. The van der Waals surface area contributed by atoms with Gasteiger partial charge in [0.2, 0.25) is 0 Å². The predicted octanol–water partition coefficient (Wildman–Crippen LogP) is 6.11. The second-order valence-corrected chi connectivity index (χ2v) is 7.34. The highest BCUT2D eigenvalue weighted by molar-refractivity contribution is 9.09. The third-order valence-electron chi connectivity index (χ3n) is 4.60. The Balaban J connectivity index is 1.96. The molecule has 1 nitrogen and oxygen atoms in total. The van der Waals surface area contributed by atoms with Gasteiger partial charge in [-0.2, -0.15) is 0 Å². The molecule has 1 aromatic rings. The Labute approximate surface area is 132 Å². The molecule has 0 aliphatic heterocycles. The molecule has 112 valence electrons. The van der Waals surface area contributed by atoms with E-state index in [0.717, 1.165) is 11.7 Å². The number of alkyl halides is 1. The van der Waals surface area contributed by atoms with E-state index < -0.39 is 0 Å². The lowest BCUT2D eigenvalue weighted by Gasteiger charge is -2.23. The van der Waals surface area contributed by atoms with Crippen molar-refractivity contribution >= 4 is 15.9 Å². The first-order valence-electron chi connectivity index (χ1n) is 7.91. The van der Waals surface area contributed by atoms with E-state index in [2.05, 4.69) is 41.9 Å². The fourth-order valence-electron chi connectivity index (χ4n) is 3.51. The van der Waals surface area contributed by atoms with Gasteiger partial charge >= 0.3 is 0 Å². The summed E-state index contributed by atoms with van der Waals surface area (Å²) in [4.78, 5) is 0.479. The second-order valence-electron chi connectivity index (χ2n) is 6.24. The van der Waals surface area contributed by atoms with Crippen molar-refractivity contribution in [2.75, 3.05) is 7.11 Å². The lowest BCUT2D eigenvalue weighted by atomic mass is 9.85. The number of hydrogen-bond donors (Lipinski definition) is 0. The molecule has 0 radical (unpaired) electrons. The van der Waals surface area contributed by atoms with Gasteiger partial charge in [-0.25, -0.2) is 0 Å². The molecule has 1 saturated carbocycles. The topological polar surface area (TPSA) is 9.23 Å². The first-order chi connectivity index (χ1) is 9.61. The number of methoxy groups -OCH3 is 1. The van der Waals surface area contributed by atoms with Gasteiger partial charge in [-0.15, -0.1) is 0 Å². The minimum Gasteiger partial charge on any atom is -0.496 e. The van der Waals surface area contributed by atoms with Crippen LogP contribution in [0.15, 0.2) is 12.1 Å². The molecule has 0 heterocycles. The number of benzene rings is 1. The van der Waals surface area contributed by atoms with Crippen LogP contribution in [0.2, 0.25) is 0 Å². The summed E-state index contributed by atoms with van der Waals surface area (Å²) in [6.45, 7) is 4.27. The molecule has 0 amide bonds.